The predicted octanol–water partition coefficient (Wildman–Crippen LogP) is 3.23. The number of nitrogens with one attached hydrogen (secondary N) is 1. The number of carbonyl (C=O) groups is 1. The van der Waals surface area contributed by atoms with Crippen molar-refractivity contribution in [2.24, 2.45) is 11.1 Å². The fourth-order valence-corrected chi connectivity index (χ4v) is 2.02. The van der Waals surface area contributed by atoms with Crippen molar-refractivity contribution in [3.05, 3.63) is 29.6 Å². The van der Waals surface area contributed by atoms with Crippen LogP contribution < -0.4 is 11.1 Å². The Morgan fingerprint density at radius 1 is 1.42 bits per heavy atom. The normalized spacial score (nSPS) is 13.2. The van der Waals surface area contributed by atoms with Gasteiger partial charge >= 0.3 is 0 Å². The van der Waals surface area contributed by atoms with E-state index >= 15 is 0 Å². The standard InChI is InChI=1S/C15H23FN2O/c1-10-5-6-13(12(16)7-10)18-14(19)8-11(17)9-15(2,3)4/h5-7,11H,8-9,17H2,1-4H3,(H,18,19). The predicted molar refractivity (Wildman–Crippen MR) is 76.4 cm³/mol. The molecule has 106 valence electrons. The third-order valence-corrected chi connectivity index (χ3v) is 2.72. The molecule has 0 fully saturated rings. The maximum atomic E-state index is 13.6. The second kappa shape index (κ2) is 6.15. The van der Waals surface area contributed by atoms with Gasteiger partial charge in [-0.15, -0.1) is 0 Å². The van der Waals surface area contributed by atoms with E-state index in [-0.39, 0.29) is 29.5 Å². The van der Waals surface area contributed by atoms with Crippen molar-refractivity contribution >= 4 is 11.6 Å². The van der Waals surface area contributed by atoms with Gasteiger partial charge < -0.3 is 11.1 Å². The maximum Gasteiger partial charge on any atom is 0.226 e. The van der Waals surface area contributed by atoms with Crippen LogP contribution in [0.25, 0.3) is 0 Å². The van der Waals surface area contributed by atoms with Gasteiger partial charge in [0.15, 0.2) is 0 Å². The zero-order valence-electron chi connectivity index (χ0n) is 12.1. The fourth-order valence-electron chi connectivity index (χ4n) is 2.02. The molecule has 0 bridgehead atoms. The minimum Gasteiger partial charge on any atom is -0.327 e. The van der Waals surface area contributed by atoms with Crippen LogP contribution >= 0.6 is 0 Å². The Morgan fingerprint density at radius 2 is 2.05 bits per heavy atom. The molecule has 0 saturated carbocycles. The Morgan fingerprint density at radius 3 is 2.58 bits per heavy atom. The average Bonchev–Trinajstić information content (AvgIpc) is 2.19. The lowest BCUT2D eigenvalue weighted by atomic mass is 9.87. The highest BCUT2D eigenvalue weighted by Crippen LogP contribution is 2.21. The Labute approximate surface area is 114 Å². The number of rotatable bonds is 4. The Hall–Kier alpha value is -1.42. The van der Waals surface area contributed by atoms with Crippen molar-refractivity contribution < 1.29 is 9.18 Å². The van der Waals surface area contributed by atoms with Gasteiger partial charge in [0.1, 0.15) is 5.82 Å². The van der Waals surface area contributed by atoms with Crippen molar-refractivity contribution in [3.63, 3.8) is 0 Å². The summed E-state index contributed by atoms with van der Waals surface area (Å²) in [6.07, 6.45) is 0.946. The van der Waals surface area contributed by atoms with E-state index in [0.717, 1.165) is 12.0 Å². The quantitative estimate of drug-likeness (QED) is 0.879. The summed E-state index contributed by atoms with van der Waals surface area (Å²) in [5.41, 5.74) is 7.03. The number of halogens is 1. The van der Waals surface area contributed by atoms with Gasteiger partial charge in [0, 0.05) is 12.5 Å². The first kappa shape index (κ1) is 15.6. The molecular weight excluding hydrogens is 243 g/mol. The van der Waals surface area contributed by atoms with Gasteiger partial charge in [-0.1, -0.05) is 26.8 Å². The molecule has 0 aliphatic rings. The molecule has 0 heterocycles. The molecule has 19 heavy (non-hydrogen) atoms. The summed E-state index contributed by atoms with van der Waals surface area (Å²) in [4.78, 5) is 11.8. The summed E-state index contributed by atoms with van der Waals surface area (Å²) >= 11 is 0. The summed E-state index contributed by atoms with van der Waals surface area (Å²) in [6.45, 7) is 8.02. The van der Waals surface area contributed by atoms with Crippen LogP contribution in [0.3, 0.4) is 0 Å². The van der Waals surface area contributed by atoms with Gasteiger partial charge in [0.25, 0.3) is 0 Å². The van der Waals surface area contributed by atoms with Crippen LogP contribution in [0.2, 0.25) is 0 Å². The van der Waals surface area contributed by atoms with Crippen molar-refractivity contribution in [1.29, 1.82) is 0 Å². The molecule has 1 atom stereocenters. The average molecular weight is 266 g/mol. The monoisotopic (exact) mass is 266 g/mol. The van der Waals surface area contributed by atoms with Crippen molar-refractivity contribution in [3.8, 4) is 0 Å². The molecule has 3 nitrogen and oxygen atoms in total. The lowest BCUT2D eigenvalue weighted by molar-refractivity contribution is -0.116. The van der Waals surface area contributed by atoms with Crippen LogP contribution in [0.1, 0.15) is 39.2 Å². The lowest BCUT2D eigenvalue weighted by Gasteiger charge is -2.22. The summed E-state index contributed by atoms with van der Waals surface area (Å²) in [5, 5.41) is 2.56. The van der Waals surface area contributed by atoms with E-state index in [4.69, 9.17) is 5.73 Å². The third-order valence-electron chi connectivity index (χ3n) is 2.72. The van der Waals surface area contributed by atoms with Gasteiger partial charge in [-0.05, 0) is 36.5 Å². The van der Waals surface area contributed by atoms with E-state index in [0.29, 0.717) is 0 Å². The van der Waals surface area contributed by atoms with E-state index in [1.807, 2.05) is 0 Å². The van der Waals surface area contributed by atoms with Crippen LogP contribution in [-0.4, -0.2) is 11.9 Å². The highest BCUT2D eigenvalue weighted by Gasteiger charge is 2.18. The second-order valence-electron chi connectivity index (χ2n) is 6.26. The molecule has 0 radical (unpaired) electrons. The number of benzene rings is 1. The first-order valence-electron chi connectivity index (χ1n) is 6.49. The molecule has 1 rings (SSSR count). The number of carbonyl (C=O) groups excluding carboxylic acids is 1. The molecule has 0 aliphatic heterocycles. The summed E-state index contributed by atoms with van der Waals surface area (Å²) in [7, 11) is 0. The number of amides is 1. The third kappa shape index (κ3) is 5.83. The number of anilines is 1. The molecule has 1 amide bonds. The highest BCUT2D eigenvalue weighted by molar-refractivity contribution is 5.91. The molecular formula is C15H23FN2O. The molecule has 0 aromatic heterocycles. The topological polar surface area (TPSA) is 55.1 Å². The molecule has 4 heteroatoms. The van der Waals surface area contributed by atoms with E-state index in [9.17, 15) is 9.18 Å². The number of hydrogen-bond donors (Lipinski definition) is 2. The maximum absolute atomic E-state index is 13.6. The van der Waals surface area contributed by atoms with E-state index < -0.39 is 5.82 Å². The highest BCUT2D eigenvalue weighted by atomic mass is 19.1. The molecule has 3 N–H and O–H groups in total. The van der Waals surface area contributed by atoms with Crippen LogP contribution in [-0.2, 0) is 4.79 Å². The van der Waals surface area contributed by atoms with Crippen LogP contribution in [0.4, 0.5) is 10.1 Å². The smallest absolute Gasteiger partial charge is 0.226 e. The second-order valence-corrected chi connectivity index (χ2v) is 6.26. The number of nitrogens with two attached hydrogens (primary N) is 1. The zero-order valence-corrected chi connectivity index (χ0v) is 12.1. The van der Waals surface area contributed by atoms with Crippen LogP contribution in [0.5, 0.6) is 0 Å². The SMILES string of the molecule is Cc1ccc(NC(=O)CC(N)CC(C)(C)C)c(F)c1. The molecule has 1 aromatic carbocycles. The Kier molecular flexibility index (Phi) is 5.06. The fraction of sp³-hybridized carbons (Fsp3) is 0.533. The molecule has 1 unspecified atom stereocenters. The summed E-state index contributed by atoms with van der Waals surface area (Å²) < 4.78 is 13.6. The van der Waals surface area contributed by atoms with Crippen LogP contribution in [0, 0.1) is 18.2 Å². The van der Waals surface area contributed by atoms with Gasteiger partial charge in [0.2, 0.25) is 5.91 Å². The van der Waals surface area contributed by atoms with Crippen LogP contribution in [0.15, 0.2) is 18.2 Å². The number of aryl methyl sites for hydroxylation is 1. The Balaban J connectivity index is 2.56. The Bertz CT molecular complexity index is 452. The van der Waals surface area contributed by atoms with Gasteiger partial charge in [-0.2, -0.15) is 0 Å². The minimum atomic E-state index is -0.419. The van der Waals surface area contributed by atoms with Crippen molar-refractivity contribution in [2.75, 3.05) is 5.32 Å². The van der Waals surface area contributed by atoms with Crippen molar-refractivity contribution in [1.82, 2.24) is 0 Å². The van der Waals surface area contributed by atoms with E-state index in [1.165, 1.54) is 6.07 Å². The molecule has 0 saturated heterocycles. The summed E-state index contributed by atoms with van der Waals surface area (Å²) in [5.74, 6) is -0.669. The number of hydrogen-bond acceptors (Lipinski definition) is 2. The van der Waals surface area contributed by atoms with E-state index in [1.54, 1.807) is 19.1 Å². The minimum absolute atomic E-state index is 0.0782. The summed E-state index contributed by atoms with van der Waals surface area (Å²) in [6, 6.07) is 4.50. The van der Waals surface area contributed by atoms with Crippen molar-refractivity contribution in [2.45, 2.75) is 46.6 Å². The lowest BCUT2D eigenvalue weighted by Crippen LogP contribution is -2.31. The zero-order chi connectivity index (χ0) is 14.6. The first-order valence-corrected chi connectivity index (χ1v) is 6.49. The van der Waals surface area contributed by atoms with Gasteiger partial charge in [-0.3, -0.25) is 4.79 Å². The molecule has 1 aromatic rings. The molecule has 0 spiro atoms. The van der Waals surface area contributed by atoms with E-state index in [2.05, 4.69) is 26.1 Å². The van der Waals surface area contributed by atoms with Gasteiger partial charge in [-0.25, -0.2) is 4.39 Å². The first-order chi connectivity index (χ1) is 8.67. The molecule has 0 aliphatic carbocycles. The largest absolute Gasteiger partial charge is 0.327 e. The van der Waals surface area contributed by atoms with Gasteiger partial charge in [0.05, 0.1) is 5.69 Å².